The number of allylic oxidation sites excluding steroid dienone is 1. The lowest BCUT2D eigenvalue weighted by Gasteiger charge is -2.09. The Labute approximate surface area is 204 Å². The Bertz CT molecular complexity index is 1300. The lowest BCUT2D eigenvalue weighted by Crippen LogP contribution is -2.15. The molecule has 0 saturated carbocycles. The van der Waals surface area contributed by atoms with E-state index in [9.17, 15) is 4.79 Å². The Hall–Kier alpha value is -4.59. The Morgan fingerprint density at radius 3 is 2.03 bits per heavy atom. The maximum absolute atomic E-state index is 13.0. The fourth-order valence-corrected chi connectivity index (χ4v) is 3.50. The summed E-state index contributed by atoms with van der Waals surface area (Å²) < 4.78 is 12.1. The van der Waals surface area contributed by atoms with Gasteiger partial charge in [-0.25, -0.2) is 0 Å². The van der Waals surface area contributed by atoms with E-state index in [0.717, 1.165) is 28.2 Å². The molecule has 178 valence electrons. The second-order valence-corrected chi connectivity index (χ2v) is 7.58. The third kappa shape index (κ3) is 6.05. The first-order valence-corrected chi connectivity index (χ1v) is 11.1. The van der Waals surface area contributed by atoms with E-state index in [1.165, 1.54) is 10.8 Å². The van der Waals surface area contributed by atoms with Crippen LogP contribution in [0.1, 0.15) is 21.5 Å². The molecule has 0 spiro atoms. The second-order valence-electron chi connectivity index (χ2n) is 7.58. The average molecular weight is 470 g/mol. The van der Waals surface area contributed by atoms with Crippen LogP contribution in [0.15, 0.2) is 84.9 Å². The van der Waals surface area contributed by atoms with Gasteiger partial charge in [-0.15, -0.1) is 5.10 Å². The smallest absolute Gasteiger partial charge is 0.274 e. The number of hydrogen-bond donors (Lipinski definition) is 2. The van der Waals surface area contributed by atoms with Crippen molar-refractivity contribution in [1.29, 1.82) is 0 Å². The fourth-order valence-electron chi connectivity index (χ4n) is 3.50. The van der Waals surface area contributed by atoms with E-state index in [1.807, 2.05) is 78.9 Å². The molecule has 4 rings (SSSR count). The number of carbonyl (C=O) groups excluding carboxylic acids is 1. The summed E-state index contributed by atoms with van der Waals surface area (Å²) in [4.78, 5) is 17.5. The molecule has 0 fully saturated rings. The predicted octanol–water partition coefficient (Wildman–Crippen LogP) is 4.87. The van der Waals surface area contributed by atoms with Crippen LogP contribution in [0.25, 0.3) is 6.08 Å². The van der Waals surface area contributed by atoms with E-state index in [0.29, 0.717) is 25.0 Å². The molecule has 3 aromatic carbocycles. The quantitative estimate of drug-likeness (QED) is 0.320. The van der Waals surface area contributed by atoms with Gasteiger partial charge in [0.05, 0.1) is 14.2 Å². The molecule has 0 bridgehead atoms. The number of anilines is 2. The first-order chi connectivity index (χ1) is 17.2. The molecule has 2 N–H and O–H groups in total. The predicted molar refractivity (Wildman–Crippen MR) is 137 cm³/mol. The van der Waals surface area contributed by atoms with Crippen molar-refractivity contribution in [1.82, 2.24) is 14.8 Å². The molecular formula is C27H27N5O3. The van der Waals surface area contributed by atoms with Crippen molar-refractivity contribution in [2.75, 3.05) is 24.9 Å². The number of benzene rings is 3. The van der Waals surface area contributed by atoms with E-state index in [2.05, 4.69) is 20.7 Å². The summed E-state index contributed by atoms with van der Waals surface area (Å²) in [7, 11) is 3.25. The van der Waals surface area contributed by atoms with Gasteiger partial charge in [0, 0.05) is 30.3 Å². The van der Waals surface area contributed by atoms with Gasteiger partial charge in [0.1, 0.15) is 11.5 Å². The van der Waals surface area contributed by atoms with Gasteiger partial charge in [-0.1, -0.05) is 66.7 Å². The molecule has 0 aliphatic carbocycles. The number of ether oxygens (including phenoxy) is 2. The summed E-state index contributed by atoms with van der Waals surface area (Å²) in [5, 5.41) is 10.8. The highest BCUT2D eigenvalue weighted by molar-refractivity contribution is 5.94. The minimum Gasteiger partial charge on any atom is -0.496 e. The SMILES string of the molecule is COc1ccccc1CNc1nc(NCc2ccccc2OC)n(C(=O)C=Cc2ccccc2)n1. The number of para-hydroxylation sites is 2. The first-order valence-electron chi connectivity index (χ1n) is 11.1. The van der Waals surface area contributed by atoms with Crippen molar-refractivity contribution in [3.05, 3.63) is 102 Å². The lowest BCUT2D eigenvalue weighted by molar-refractivity contribution is 0.0957. The molecule has 4 aromatic rings. The first kappa shape index (κ1) is 23.6. The van der Waals surface area contributed by atoms with Crippen molar-refractivity contribution >= 4 is 23.9 Å². The number of carbonyl (C=O) groups is 1. The topological polar surface area (TPSA) is 90.3 Å². The number of nitrogens with one attached hydrogen (secondary N) is 2. The minimum atomic E-state index is -0.325. The largest absolute Gasteiger partial charge is 0.496 e. The van der Waals surface area contributed by atoms with E-state index in [1.54, 1.807) is 20.3 Å². The van der Waals surface area contributed by atoms with Gasteiger partial charge >= 0.3 is 0 Å². The van der Waals surface area contributed by atoms with Crippen LogP contribution in [-0.4, -0.2) is 34.9 Å². The molecule has 0 saturated heterocycles. The molecule has 35 heavy (non-hydrogen) atoms. The third-order valence-corrected chi connectivity index (χ3v) is 5.29. The molecule has 0 aliphatic heterocycles. The Kier molecular flexibility index (Phi) is 7.75. The number of hydrogen-bond acceptors (Lipinski definition) is 7. The number of rotatable bonds is 10. The van der Waals surface area contributed by atoms with E-state index >= 15 is 0 Å². The zero-order valence-electron chi connectivity index (χ0n) is 19.6. The summed E-state index contributed by atoms with van der Waals surface area (Å²) in [5.41, 5.74) is 2.80. The fraction of sp³-hybridized carbons (Fsp3) is 0.148. The number of aromatic nitrogens is 3. The van der Waals surface area contributed by atoms with Crippen molar-refractivity contribution in [2.24, 2.45) is 0 Å². The zero-order chi connectivity index (χ0) is 24.5. The van der Waals surface area contributed by atoms with Gasteiger partial charge in [-0.3, -0.25) is 4.79 Å². The number of nitrogens with zero attached hydrogens (tertiary/aromatic N) is 3. The summed E-state index contributed by atoms with van der Waals surface area (Å²) in [6.07, 6.45) is 3.22. The van der Waals surface area contributed by atoms with E-state index < -0.39 is 0 Å². The van der Waals surface area contributed by atoms with Gasteiger partial charge < -0.3 is 20.1 Å². The normalized spacial score (nSPS) is 10.8. The van der Waals surface area contributed by atoms with Crippen LogP contribution in [0, 0.1) is 0 Å². The Morgan fingerprint density at radius 2 is 1.40 bits per heavy atom. The lowest BCUT2D eigenvalue weighted by atomic mass is 10.2. The molecular weight excluding hydrogens is 442 g/mol. The molecule has 0 unspecified atom stereocenters. The van der Waals surface area contributed by atoms with Gasteiger partial charge in [0.25, 0.3) is 5.91 Å². The summed E-state index contributed by atoms with van der Waals surface area (Å²) in [5.74, 6) is 1.82. The highest BCUT2D eigenvalue weighted by atomic mass is 16.5. The second kappa shape index (κ2) is 11.5. The van der Waals surface area contributed by atoms with Crippen LogP contribution in [0.5, 0.6) is 11.5 Å². The van der Waals surface area contributed by atoms with Gasteiger partial charge in [-0.05, 0) is 23.8 Å². The van der Waals surface area contributed by atoms with Gasteiger partial charge in [-0.2, -0.15) is 9.67 Å². The van der Waals surface area contributed by atoms with E-state index in [-0.39, 0.29) is 5.91 Å². The Morgan fingerprint density at radius 1 is 0.829 bits per heavy atom. The molecule has 0 amide bonds. The molecule has 8 nitrogen and oxygen atoms in total. The summed E-state index contributed by atoms with van der Waals surface area (Å²) >= 11 is 0. The van der Waals surface area contributed by atoms with Crippen LogP contribution >= 0.6 is 0 Å². The molecule has 0 atom stereocenters. The van der Waals surface area contributed by atoms with Crippen LogP contribution in [0.3, 0.4) is 0 Å². The number of methoxy groups -OCH3 is 2. The minimum absolute atomic E-state index is 0.319. The maximum Gasteiger partial charge on any atom is 0.274 e. The zero-order valence-corrected chi connectivity index (χ0v) is 19.6. The van der Waals surface area contributed by atoms with Crippen molar-refractivity contribution in [2.45, 2.75) is 13.1 Å². The standard InChI is InChI=1S/C27H27N5O3/c1-34-23-14-8-6-12-21(23)18-28-26-30-27(29-19-22-13-7-9-15-24(22)35-2)32(31-26)25(33)17-16-20-10-4-3-5-11-20/h3-17H,18-19H2,1-2H3,(H2,28,29,30,31). The molecule has 8 heteroatoms. The summed E-state index contributed by atoms with van der Waals surface area (Å²) in [6.45, 7) is 0.846. The average Bonchev–Trinajstić information content (AvgIpc) is 3.33. The van der Waals surface area contributed by atoms with Gasteiger partial charge in [0.15, 0.2) is 0 Å². The van der Waals surface area contributed by atoms with Crippen LogP contribution in [0.2, 0.25) is 0 Å². The van der Waals surface area contributed by atoms with Crippen LogP contribution in [0.4, 0.5) is 11.9 Å². The van der Waals surface area contributed by atoms with Crippen LogP contribution in [-0.2, 0) is 13.1 Å². The maximum atomic E-state index is 13.0. The van der Waals surface area contributed by atoms with E-state index in [4.69, 9.17) is 9.47 Å². The Balaban J connectivity index is 1.56. The van der Waals surface area contributed by atoms with Crippen molar-refractivity contribution in [3.8, 4) is 11.5 Å². The molecule has 1 aromatic heterocycles. The monoisotopic (exact) mass is 469 g/mol. The highest BCUT2D eigenvalue weighted by Gasteiger charge is 2.15. The van der Waals surface area contributed by atoms with Crippen molar-refractivity contribution < 1.29 is 14.3 Å². The highest BCUT2D eigenvalue weighted by Crippen LogP contribution is 2.21. The van der Waals surface area contributed by atoms with Crippen molar-refractivity contribution in [3.63, 3.8) is 0 Å². The summed E-state index contributed by atoms with van der Waals surface area (Å²) in [6, 6.07) is 25.0. The third-order valence-electron chi connectivity index (χ3n) is 5.29. The molecule has 0 aliphatic rings. The van der Waals surface area contributed by atoms with Crippen LogP contribution < -0.4 is 20.1 Å². The molecule has 1 heterocycles. The van der Waals surface area contributed by atoms with Gasteiger partial charge in [0.2, 0.25) is 11.9 Å². The molecule has 0 radical (unpaired) electrons.